The van der Waals surface area contributed by atoms with Gasteiger partial charge in [-0.1, -0.05) is 19.3 Å². The normalized spacial score (nSPS) is 18.0. The van der Waals surface area contributed by atoms with Crippen LogP contribution in [0.1, 0.15) is 56.9 Å². The summed E-state index contributed by atoms with van der Waals surface area (Å²) >= 11 is 0. The van der Waals surface area contributed by atoms with E-state index in [1.165, 1.54) is 32.1 Å². The SMILES string of the molecule is O=C1CN2Cc3cc(OCCCCC(=O)N(CCO)CC4CCCCC4)ccc3N=C2N1. The molecule has 0 radical (unpaired) electrons. The number of ether oxygens (including phenoxy) is 1. The van der Waals surface area contributed by atoms with Crippen LogP contribution in [-0.4, -0.2) is 65.5 Å². The van der Waals surface area contributed by atoms with Crippen molar-refractivity contribution in [3.8, 4) is 5.75 Å². The first-order chi connectivity index (χ1) is 15.6. The number of hydrogen-bond acceptors (Lipinski definition) is 6. The summed E-state index contributed by atoms with van der Waals surface area (Å²) in [6.07, 6.45) is 8.27. The number of guanidine groups is 1. The van der Waals surface area contributed by atoms with Crippen molar-refractivity contribution < 1.29 is 19.4 Å². The second-order valence-electron chi connectivity index (χ2n) is 9.00. The summed E-state index contributed by atoms with van der Waals surface area (Å²) in [7, 11) is 0. The molecule has 1 saturated carbocycles. The molecule has 2 heterocycles. The van der Waals surface area contributed by atoms with Gasteiger partial charge in [-0.2, -0.15) is 0 Å². The van der Waals surface area contributed by atoms with Crippen LogP contribution < -0.4 is 10.1 Å². The van der Waals surface area contributed by atoms with Crippen LogP contribution in [0, 0.1) is 5.92 Å². The zero-order valence-corrected chi connectivity index (χ0v) is 18.7. The van der Waals surface area contributed by atoms with Crippen molar-refractivity contribution in [1.82, 2.24) is 15.1 Å². The Labute approximate surface area is 189 Å². The van der Waals surface area contributed by atoms with Gasteiger partial charge >= 0.3 is 0 Å². The summed E-state index contributed by atoms with van der Waals surface area (Å²) in [5, 5.41) is 12.1. The number of nitrogens with one attached hydrogen (secondary N) is 1. The van der Waals surface area contributed by atoms with Gasteiger partial charge in [-0.15, -0.1) is 0 Å². The van der Waals surface area contributed by atoms with Crippen LogP contribution in [0.3, 0.4) is 0 Å². The molecule has 2 amide bonds. The Morgan fingerprint density at radius 3 is 2.88 bits per heavy atom. The number of carbonyl (C=O) groups excluding carboxylic acids is 2. The Bertz CT molecular complexity index is 850. The highest BCUT2D eigenvalue weighted by Gasteiger charge is 2.29. The number of hydrogen-bond donors (Lipinski definition) is 2. The van der Waals surface area contributed by atoms with Crippen molar-refractivity contribution in [3.05, 3.63) is 23.8 Å². The van der Waals surface area contributed by atoms with Gasteiger partial charge < -0.3 is 19.6 Å². The molecule has 3 aliphatic rings. The van der Waals surface area contributed by atoms with Crippen LogP contribution in [0.4, 0.5) is 5.69 Å². The third-order valence-electron chi connectivity index (χ3n) is 6.50. The van der Waals surface area contributed by atoms with Crippen LogP contribution in [0.5, 0.6) is 5.75 Å². The van der Waals surface area contributed by atoms with E-state index in [-0.39, 0.29) is 18.4 Å². The van der Waals surface area contributed by atoms with Crippen LogP contribution in [-0.2, 0) is 16.1 Å². The van der Waals surface area contributed by atoms with Gasteiger partial charge in [0.25, 0.3) is 0 Å². The molecule has 8 heteroatoms. The average Bonchev–Trinajstić information content (AvgIpc) is 3.16. The van der Waals surface area contributed by atoms with E-state index in [9.17, 15) is 14.7 Å². The summed E-state index contributed by atoms with van der Waals surface area (Å²) < 4.78 is 5.90. The monoisotopic (exact) mass is 442 g/mol. The number of rotatable bonds is 10. The number of benzene rings is 1. The predicted molar refractivity (Wildman–Crippen MR) is 122 cm³/mol. The maximum Gasteiger partial charge on any atom is 0.246 e. The number of aliphatic hydroxyl groups excluding tert-OH is 1. The Kier molecular flexibility index (Phi) is 7.63. The van der Waals surface area contributed by atoms with Crippen LogP contribution in [0.25, 0.3) is 0 Å². The highest BCUT2D eigenvalue weighted by molar-refractivity contribution is 6.05. The molecular formula is C24H34N4O4. The third kappa shape index (κ3) is 5.79. The zero-order chi connectivity index (χ0) is 22.3. The lowest BCUT2D eigenvalue weighted by Crippen LogP contribution is -2.38. The minimum Gasteiger partial charge on any atom is -0.494 e. The summed E-state index contributed by atoms with van der Waals surface area (Å²) in [5.74, 6) is 2.10. The van der Waals surface area contributed by atoms with Gasteiger partial charge in [-0.05, 0) is 49.8 Å². The molecule has 2 N–H and O–H groups in total. The lowest BCUT2D eigenvalue weighted by molar-refractivity contribution is -0.132. The summed E-state index contributed by atoms with van der Waals surface area (Å²) in [4.78, 5) is 32.5. The van der Waals surface area contributed by atoms with E-state index in [1.54, 1.807) is 0 Å². The van der Waals surface area contributed by atoms with Crippen LogP contribution in [0.2, 0.25) is 0 Å². The first-order valence-electron chi connectivity index (χ1n) is 11.9. The molecule has 1 saturated heterocycles. The van der Waals surface area contributed by atoms with Gasteiger partial charge in [-0.3, -0.25) is 14.9 Å². The highest BCUT2D eigenvalue weighted by atomic mass is 16.5. The first kappa shape index (κ1) is 22.6. The van der Waals surface area contributed by atoms with E-state index >= 15 is 0 Å². The third-order valence-corrected chi connectivity index (χ3v) is 6.50. The van der Waals surface area contributed by atoms with Gasteiger partial charge in [0.2, 0.25) is 17.8 Å². The maximum atomic E-state index is 12.6. The molecule has 174 valence electrons. The number of aliphatic imine (C=N–C) groups is 1. The first-order valence-corrected chi connectivity index (χ1v) is 11.9. The maximum absolute atomic E-state index is 12.6. The molecule has 1 aromatic rings. The molecular weight excluding hydrogens is 408 g/mol. The van der Waals surface area contributed by atoms with Crippen molar-refractivity contribution in [3.63, 3.8) is 0 Å². The molecule has 4 rings (SSSR count). The molecule has 0 atom stereocenters. The second kappa shape index (κ2) is 10.8. The Morgan fingerprint density at radius 1 is 1.22 bits per heavy atom. The molecule has 0 unspecified atom stereocenters. The smallest absolute Gasteiger partial charge is 0.246 e. The summed E-state index contributed by atoms with van der Waals surface area (Å²) in [6, 6.07) is 5.80. The fourth-order valence-corrected chi connectivity index (χ4v) is 4.77. The van der Waals surface area contributed by atoms with Crippen molar-refractivity contribution in [1.29, 1.82) is 0 Å². The van der Waals surface area contributed by atoms with Crippen molar-refractivity contribution in [2.24, 2.45) is 10.9 Å². The minimum absolute atomic E-state index is 0.0209. The van der Waals surface area contributed by atoms with Gasteiger partial charge in [0, 0.05) is 31.6 Å². The Balaban J connectivity index is 1.19. The van der Waals surface area contributed by atoms with E-state index in [2.05, 4.69) is 10.3 Å². The standard InChI is InChI=1S/C24H34N4O4/c29-12-11-27(15-18-6-2-1-3-7-18)23(31)8-4-5-13-32-20-9-10-21-19(14-20)16-28-17-22(30)26-24(28)25-21/h9-10,14,18,29H,1-8,11-13,15-17H2,(H,25,26,30). The molecule has 2 aliphatic heterocycles. The average molecular weight is 443 g/mol. The largest absolute Gasteiger partial charge is 0.494 e. The molecule has 2 fully saturated rings. The van der Waals surface area contributed by atoms with Gasteiger partial charge in [0.1, 0.15) is 12.3 Å². The molecule has 8 nitrogen and oxygen atoms in total. The van der Waals surface area contributed by atoms with Crippen molar-refractivity contribution in [2.75, 3.05) is 32.8 Å². The molecule has 32 heavy (non-hydrogen) atoms. The minimum atomic E-state index is -0.0288. The summed E-state index contributed by atoms with van der Waals surface area (Å²) in [5.41, 5.74) is 1.90. The van der Waals surface area contributed by atoms with E-state index in [4.69, 9.17) is 4.74 Å². The zero-order valence-electron chi connectivity index (χ0n) is 18.7. The molecule has 1 aliphatic carbocycles. The number of fused-ring (bicyclic) bond motifs is 2. The van der Waals surface area contributed by atoms with E-state index in [1.807, 2.05) is 28.0 Å². The molecule has 0 spiro atoms. The predicted octanol–water partition coefficient (Wildman–Crippen LogP) is 2.57. The topological polar surface area (TPSA) is 94.5 Å². The number of carbonyl (C=O) groups is 2. The van der Waals surface area contributed by atoms with Gasteiger partial charge in [-0.25, -0.2) is 4.99 Å². The number of nitrogens with zero attached hydrogens (tertiary/aromatic N) is 3. The van der Waals surface area contributed by atoms with Gasteiger partial charge in [0.15, 0.2) is 0 Å². The van der Waals surface area contributed by atoms with Crippen LogP contribution >= 0.6 is 0 Å². The fourth-order valence-electron chi connectivity index (χ4n) is 4.77. The summed E-state index contributed by atoms with van der Waals surface area (Å²) in [6.45, 7) is 2.77. The number of unbranched alkanes of at least 4 members (excludes halogenated alkanes) is 1. The molecule has 1 aromatic carbocycles. The lowest BCUT2D eigenvalue weighted by Gasteiger charge is -2.29. The van der Waals surface area contributed by atoms with Gasteiger partial charge in [0.05, 0.1) is 18.9 Å². The molecule has 0 aromatic heterocycles. The van der Waals surface area contributed by atoms with E-state index in [0.717, 1.165) is 36.4 Å². The highest BCUT2D eigenvalue weighted by Crippen LogP contribution is 2.30. The van der Waals surface area contributed by atoms with Crippen LogP contribution in [0.15, 0.2) is 23.2 Å². The quantitative estimate of drug-likeness (QED) is 0.543. The van der Waals surface area contributed by atoms with Crippen molar-refractivity contribution in [2.45, 2.75) is 57.9 Å². The van der Waals surface area contributed by atoms with E-state index in [0.29, 0.717) is 44.5 Å². The second-order valence-corrected chi connectivity index (χ2v) is 9.00. The Hall–Kier alpha value is -2.61. The Morgan fingerprint density at radius 2 is 2.06 bits per heavy atom. The number of aliphatic hydroxyl groups is 1. The lowest BCUT2D eigenvalue weighted by atomic mass is 9.89. The van der Waals surface area contributed by atoms with E-state index < -0.39 is 0 Å². The van der Waals surface area contributed by atoms with Crippen molar-refractivity contribution >= 4 is 23.5 Å². The fraction of sp³-hybridized carbons (Fsp3) is 0.625. The number of amides is 2. The molecule has 0 bridgehead atoms.